The second-order valence-electron chi connectivity index (χ2n) is 7.50. The Morgan fingerprint density at radius 2 is 1.71 bits per heavy atom. The van der Waals surface area contributed by atoms with Crippen LogP contribution < -0.4 is 0 Å². The summed E-state index contributed by atoms with van der Waals surface area (Å²) >= 11 is 6.16. The number of phenols is 1. The van der Waals surface area contributed by atoms with Gasteiger partial charge in [-0.05, 0) is 68.4 Å². The first kappa shape index (κ1) is 12.3. The number of aromatic nitrogens is 1. The first-order valence-electron chi connectivity index (χ1n) is 7.92. The maximum atomic E-state index is 9.74. The standard InChI is InChI=1S/C17H18ClNO2/c18-14-13(20)2-1-12-15(14)21-19-16(12)17-6-9-3-10(7-17)5-11(4-9)8-17/h1-2,9-11,20H,3-8H2. The van der Waals surface area contributed by atoms with E-state index in [2.05, 4.69) is 5.16 Å². The third-order valence-corrected chi connectivity index (χ3v) is 6.47. The van der Waals surface area contributed by atoms with E-state index in [1.54, 1.807) is 6.07 Å². The molecule has 1 heterocycles. The highest BCUT2D eigenvalue weighted by Gasteiger charge is 2.53. The molecule has 2 aromatic rings. The Kier molecular flexibility index (Phi) is 2.32. The Balaban J connectivity index is 1.69. The summed E-state index contributed by atoms with van der Waals surface area (Å²) in [5.41, 5.74) is 1.83. The van der Waals surface area contributed by atoms with E-state index in [0.29, 0.717) is 5.58 Å². The summed E-state index contributed by atoms with van der Waals surface area (Å²) in [6, 6.07) is 3.58. The van der Waals surface area contributed by atoms with Gasteiger partial charge in [0.25, 0.3) is 0 Å². The summed E-state index contributed by atoms with van der Waals surface area (Å²) in [5.74, 6) is 2.68. The van der Waals surface area contributed by atoms with Gasteiger partial charge in [0.05, 0.1) is 5.69 Å². The SMILES string of the molecule is Oc1ccc2c(C34CC5CC(CC(C5)C3)C4)noc2c1Cl. The Morgan fingerprint density at radius 3 is 2.33 bits per heavy atom. The van der Waals surface area contributed by atoms with Crippen LogP contribution in [-0.4, -0.2) is 10.3 Å². The summed E-state index contributed by atoms with van der Waals surface area (Å²) in [7, 11) is 0. The van der Waals surface area contributed by atoms with Crippen molar-refractivity contribution in [1.29, 1.82) is 0 Å². The van der Waals surface area contributed by atoms with Crippen molar-refractivity contribution in [3.05, 3.63) is 22.8 Å². The van der Waals surface area contributed by atoms with Crippen molar-refractivity contribution in [2.45, 2.75) is 43.9 Å². The van der Waals surface area contributed by atoms with Gasteiger partial charge < -0.3 is 9.63 Å². The lowest BCUT2D eigenvalue weighted by atomic mass is 9.48. The van der Waals surface area contributed by atoms with E-state index < -0.39 is 0 Å². The van der Waals surface area contributed by atoms with Crippen LogP contribution in [0.5, 0.6) is 5.75 Å². The normalized spacial score (nSPS) is 37.5. The molecule has 0 aliphatic heterocycles. The fourth-order valence-corrected chi connectivity index (χ4v) is 5.94. The second kappa shape index (κ2) is 3.95. The van der Waals surface area contributed by atoms with Crippen LogP contribution in [0.25, 0.3) is 11.0 Å². The van der Waals surface area contributed by atoms with Gasteiger partial charge in [-0.15, -0.1) is 0 Å². The minimum atomic E-state index is 0.0670. The highest BCUT2D eigenvalue weighted by molar-refractivity contribution is 6.36. The molecule has 0 radical (unpaired) electrons. The first-order valence-corrected chi connectivity index (χ1v) is 8.30. The fraction of sp³-hybridized carbons (Fsp3) is 0.588. The summed E-state index contributed by atoms with van der Waals surface area (Å²) < 4.78 is 5.51. The van der Waals surface area contributed by atoms with Crippen molar-refractivity contribution in [3.8, 4) is 5.75 Å². The molecular weight excluding hydrogens is 286 g/mol. The number of phenolic OH excluding ortho intramolecular Hbond substituents is 1. The zero-order valence-electron chi connectivity index (χ0n) is 11.8. The highest BCUT2D eigenvalue weighted by Crippen LogP contribution is 2.61. The number of aromatic hydroxyl groups is 1. The molecule has 4 aliphatic carbocycles. The first-order chi connectivity index (χ1) is 10.1. The topological polar surface area (TPSA) is 46.3 Å². The van der Waals surface area contributed by atoms with Crippen molar-refractivity contribution >= 4 is 22.6 Å². The molecule has 4 fully saturated rings. The van der Waals surface area contributed by atoms with Crippen LogP contribution in [0.3, 0.4) is 0 Å². The molecule has 4 heteroatoms. The molecule has 0 amide bonds. The smallest absolute Gasteiger partial charge is 0.189 e. The molecule has 6 rings (SSSR count). The Labute approximate surface area is 128 Å². The van der Waals surface area contributed by atoms with Crippen molar-refractivity contribution in [3.63, 3.8) is 0 Å². The Bertz CT molecular complexity index is 700. The molecule has 4 saturated carbocycles. The van der Waals surface area contributed by atoms with Crippen molar-refractivity contribution in [2.75, 3.05) is 0 Å². The number of benzene rings is 1. The summed E-state index contributed by atoms with van der Waals surface area (Å²) in [6.07, 6.45) is 7.99. The van der Waals surface area contributed by atoms with Gasteiger partial charge in [-0.1, -0.05) is 16.8 Å². The molecule has 3 nitrogen and oxygen atoms in total. The van der Waals surface area contributed by atoms with E-state index in [0.717, 1.165) is 28.8 Å². The molecule has 0 spiro atoms. The van der Waals surface area contributed by atoms with Crippen LogP contribution in [0.2, 0.25) is 5.02 Å². The van der Waals surface area contributed by atoms with Crippen molar-refractivity contribution in [1.82, 2.24) is 5.16 Å². The summed E-state index contributed by atoms with van der Waals surface area (Å²) in [5, 5.41) is 15.4. The number of rotatable bonds is 1. The average Bonchev–Trinajstić information content (AvgIpc) is 2.87. The summed E-state index contributed by atoms with van der Waals surface area (Å²) in [6.45, 7) is 0. The molecule has 21 heavy (non-hydrogen) atoms. The van der Waals surface area contributed by atoms with Gasteiger partial charge in [0.1, 0.15) is 10.8 Å². The van der Waals surface area contributed by atoms with Crippen LogP contribution in [0.4, 0.5) is 0 Å². The number of hydrogen-bond donors (Lipinski definition) is 1. The van der Waals surface area contributed by atoms with Crippen molar-refractivity contribution < 1.29 is 9.63 Å². The molecule has 4 aliphatic rings. The number of nitrogens with zero attached hydrogens (tertiary/aromatic N) is 1. The number of hydrogen-bond acceptors (Lipinski definition) is 3. The minimum absolute atomic E-state index is 0.0670. The monoisotopic (exact) mass is 303 g/mol. The van der Waals surface area contributed by atoms with E-state index in [1.165, 1.54) is 38.5 Å². The zero-order chi connectivity index (χ0) is 14.2. The van der Waals surface area contributed by atoms with E-state index in [9.17, 15) is 5.11 Å². The van der Waals surface area contributed by atoms with Crippen LogP contribution in [0.15, 0.2) is 16.7 Å². The quantitative estimate of drug-likeness (QED) is 0.833. The predicted molar refractivity (Wildman–Crippen MR) is 80.5 cm³/mol. The largest absolute Gasteiger partial charge is 0.506 e. The van der Waals surface area contributed by atoms with E-state index >= 15 is 0 Å². The van der Waals surface area contributed by atoms with Gasteiger partial charge in [-0.3, -0.25) is 0 Å². The third kappa shape index (κ3) is 1.58. The lowest BCUT2D eigenvalue weighted by molar-refractivity contribution is -0.00781. The molecule has 110 valence electrons. The molecular formula is C17H18ClNO2. The highest BCUT2D eigenvalue weighted by atomic mass is 35.5. The van der Waals surface area contributed by atoms with Crippen LogP contribution in [-0.2, 0) is 5.41 Å². The molecule has 0 unspecified atom stereocenters. The van der Waals surface area contributed by atoms with E-state index in [-0.39, 0.29) is 16.2 Å². The second-order valence-corrected chi connectivity index (χ2v) is 7.88. The molecule has 1 N–H and O–H groups in total. The Hall–Kier alpha value is -1.22. The van der Waals surface area contributed by atoms with Crippen LogP contribution in [0, 0.1) is 17.8 Å². The van der Waals surface area contributed by atoms with E-state index in [1.807, 2.05) is 6.07 Å². The van der Waals surface area contributed by atoms with Gasteiger partial charge in [0.15, 0.2) is 5.58 Å². The lowest BCUT2D eigenvalue weighted by Gasteiger charge is -2.56. The van der Waals surface area contributed by atoms with Gasteiger partial charge in [0.2, 0.25) is 0 Å². The van der Waals surface area contributed by atoms with Gasteiger partial charge in [0, 0.05) is 10.8 Å². The molecule has 4 bridgehead atoms. The molecule has 1 aromatic carbocycles. The molecule has 0 atom stereocenters. The van der Waals surface area contributed by atoms with E-state index in [4.69, 9.17) is 16.1 Å². The lowest BCUT2D eigenvalue weighted by Crippen LogP contribution is -2.48. The average molecular weight is 304 g/mol. The number of fused-ring (bicyclic) bond motifs is 1. The minimum Gasteiger partial charge on any atom is -0.506 e. The van der Waals surface area contributed by atoms with Crippen LogP contribution >= 0.6 is 11.6 Å². The zero-order valence-corrected chi connectivity index (χ0v) is 12.6. The summed E-state index contributed by atoms with van der Waals surface area (Å²) in [4.78, 5) is 0. The molecule has 1 aromatic heterocycles. The van der Waals surface area contributed by atoms with Gasteiger partial charge in [-0.25, -0.2) is 0 Å². The van der Waals surface area contributed by atoms with Gasteiger partial charge >= 0.3 is 0 Å². The van der Waals surface area contributed by atoms with Crippen LogP contribution in [0.1, 0.15) is 44.2 Å². The maximum absolute atomic E-state index is 9.74. The molecule has 0 saturated heterocycles. The maximum Gasteiger partial charge on any atom is 0.189 e. The van der Waals surface area contributed by atoms with Gasteiger partial charge in [-0.2, -0.15) is 0 Å². The third-order valence-electron chi connectivity index (χ3n) is 6.10. The van der Waals surface area contributed by atoms with Crippen molar-refractivity contribution in [2.24, 2.45) is 17.8 Å². The number of halogens is 1. The predicted octanol–water partition coefficient (Wildman–Crippen LogP) is 4.65. The Morgan fingerprint density at radius 1 is 1.10 bits per heavy atom. The fourth-order valence-electron chi connectivity index (χ4n) is 5.75.